The lowest BCUT2D eigenvalue weighted by atomic mass is 9.95. The smallest absolute Gasteiger partial charge is 0.410 e. The van der Waals surface area contributed by atoms with Crippen LogP contribution in [0.3, 0.4) is 0 Å². The van der Waals surface area contributed by atoms with E-state index >= 15 is 0 Å². The number of rotatable bonds is 7. The molecule has 202 valence electrons. The van der Waals surface area contributed by atoms with Crippen LogP contribution in [0.1, 0.15) is 27.7 Å². The molecule has 0 aromatic carbocycles. The van der Waals surface area contributed by atoms with Crippen molar-refractivity contribution >= 4 is 41.7 Å². The summed E-state index contributed by atoms with van der Waals surface area (Å²) >= 11 is 0.949. The largest absolute Gasteiger partial charge is 0.465 e. The fourth-order valence-electron chi connectivity index (χ4n) is 4.33. The maximum absolute atomic E-state index is 12.0. The molecule has 3 saturated heterocycles. The summed E-state index contributed by atoms with van der Waals surface area (Å²) in [7, 11) is 0. The van der Waals surface area contributed by atoms with Crippen molar-refractivity contribution in [1.29, 1.82) is 0 Å². The van der Waals surface area contributed by atoms with E-state index in [0.717, 1.165) is 32.5 Å². The first-order valence-corrected chi connectivity index (χ1v) is 12.1. The van der Waals surface area contributed by atoms with E-state index in [0.29, 0.717) is 0 Å². The van der Waals surface area contributed by atoms with Gasteiger partial charge in [-0.1, -0.05) is 0 Å². The third kappa shape index (κ3) is 6.38. The van der Waals surface area contributed by atoms with Crippen LogP contribution in [0, 0.1) is 0 Å². The molecule has 0 aromatic heterocycles. The molecule has 0 aromatic rings. The van der Waals surface area contributed by atoms with E-state index in [9.17, 15) is 34.2 Å². The van der Waals surface area contributed by atoms with E-state index in [1.54, 1.807) is 0 Å². The van der Waals surface area contributed by atoms with Crippen molar-refractivity contribution in [3.05, 3.63) is 0 Å². The zero-order valence-electron chi connectivity index (χ0n) is 20.1. The van der Waals surface area contributed by atoms with Gasteiger partial charge in [0.2, 0.25) is 0 Å². The SMILES string of the molecule is CC(=O)OC[C@H]1S[C@H](O[C@H]2[C@H](O)[C@H]3COC(=O)N3C[C@H]2O)[C@H](OC(C)=O)[C@@H](OC(C)=O)[C@@H]1OC(C)=O. The highest BCUT2D eigenvalue weighted by Gasteiger charge is 2.55. The van der Waals surface area contributed by atoms with Gasteiger partial charge in [-0.05, 0) is 0 Å². The van der Waals surface area contributed by atoms with Crippen LogP contribution in [0.5, 0.6) is 0 Å². The van der Waals surface area contributed by atoms with Crippen molar-refractivity contribution in [1.82, 2.24) is 4.90 Å². The van der Waals surface area contributed by atoms with E-state index in [1.165, 1.54) is 11.8 Å². The number of piperidine rings is 1. The second kappa shape index (κ2) is 11.6. The van der Waals surface area contributed by atoms with E-state index in [4.69, 9.17) is 28.4 Å². The number of cyclic esters (lactones) is 1. The summed E-state index contributed by atoms with van der Waals surface area (Å²) in [5, 5.41) is 20.7. The molecule has 2 N–H and O–H groups in total. The molecule has 3 heterocycles. The summed E-state index contributed by atoms with van der Waals surface area (Å²) in [6.45, 7) is 3.96. The summed E-state index contributed by atoms with van der Waals surface area (Å²) in [4.78, 5) is 60.2. The summed E-state index contributed by atoms with van der Waals surface area (Å²) in [5.41, 5.74) is -1.18. The Kier molecular flexibility index (Phi) is 9.03. The molecule has 9 atom stereocenters. The Hall–Kier alpha value is -2.62. The van der Waals surface area contributed by atoms with Gasteiger partial charge >= 0.3 is 30.0 Å². The van der Waals surface area contributed by atoms with Crippen LogP contribution in [0.15, 0.2) is 0 Å². The van der Waals surface area contributed by atoms with Gasteiger partial charge in [-0.2, -0.15) is 0 Å². The second-order valence-electron chi connectivity index (χ2n) is 8.52. The van der Waals surface area contributed by atoms with Crippen LogP contribution in [-0.2, 0) is 47.6 Å². The quantitative estimate of drug-likeness (QED) is 0.290. The number of aliphatic hydroxyl groups excluding tert-OH is 2. The maximum Gasteiger partial charge on any atom is 0.410 e. The Morgan fingerprint density at radius 2 is 1.50 bits per heavy atom. The molecule has 3 aliphatic heterocycles. The standard InChI is InChI=1S/C21H29NO13S/c1-8(23)30-7-14-17(32-9(2)24)18(33-10(3)25)19(34-11(4)26)20(36-14)35-16-13(27)5-22-12(15(16)28)6-31-21(22)29/h12-20,27-28H,5-7H2,1-4H3/t12-,13-,14-,15-,16-,17-,18+,19-,20+/m1/s1. The van der Waals surface area contributed by atoms with Gasteiger partial charge < -0.3 is 38.6 Å². The van der Waals surface area contributed by atoms with Crippen molar-refractivity contribution in [2.75, 3.05) is 19.8 Å². The van der Waals surface area contributed by atoms with Crippen molar-refractivity contribution < 1.29 is 62.6 Å². The van der Waals surface area contributed by atoms with E-state index in [1.807, 2.05) is 0 Å². The number of carbonyl (C=O) groups is 5. The highest BCUT2D eigenvalue weighted by molar-refractivity contribution is 8.00. The van der Waals surface area contributed by atoms with Crippen LogP contribution < -0.4 is 0 Å². The molecule has 0 unspecified atom stereocenters. The Balaban J connectivity index is 1.93. The highest BCUT2D eigenvalue weighted by atomic mass is 32.2. The van der Waals surface area contributed by atoms with Gasteiger partial charge in [-0.25, -0.2) is 4.79 Å². The predicted molar refractivity (Wildman–Crippen MR) is 117 cm³/mol. The zero-order chi connectivity index (χ0) is 26.7. The minimum absolute atomic E-state index is 0.114. The fraction of sp³-hybridized carbons (Fsp3) is 0.762. The molecule has 14 nitrogen and oxygen atoms in total. The van der Waals surface area contributed by atoms with Crippen LogP contribution in [0.4, 0.5) is 4.79 Å². The lowest BCUT2D eigenvalue weighted by Gasteiger charge is -2.47. The average molecular weight is 536 g/mol. The zero-order valence-corrected chi connectivity index (χ0v) is 20.9. The molecule has 3 fully saturated rings. The van der Waals surface area contributed by atoms with Gasteiger partial charge in [0.25, 0.3) is 0 Å². The van der Waals surface area contributed by atoms with E-state index in [-0.39, 0.29) is 19.8 Å². The van der Waals surface area contributed by atoms with Gasteiger partial charge in [0.05, 0.1) is 17.8 Å². The molecule has 0 spiro atoms. The van der Waals surface area contributed by atoms with E-state index < -0.39 is 83.3 Å². The number of amides is 1. The molecule has 3 rings (SSSR count). The van der Waals surface area contributed by atoms with Gasteiger partial charge in [-0.15, -0.1) is 11.8 Å². The molecule has 0 radical (unpaired) electrons. The second-order valence-corrected chi connectivity index (χ2v) is 9.87. The summed E-state index contributed by atoms with van der Waals surface area (Å²) in [6, 6.07) is -0.776. The number of hydrogen-bond acceptors (Lipinski definition) is 14. The first-order chi connectivity index (χ1) is 16.9. The molecule has 0 saturated carbocycles. The minimum Gasteiger partial charge on any atom is -0.465 e. The average Bonchev–Trinajstić information content (AvgIpc) is 3.13. The molecule has 15 heteroatoms. The van der Waals surface area contributed by atoms with Gasteiger partial charge in [0, 0.05) is 27.7 Å². The number of fused-ring (bicyclic) bond motifs is 1. The fourth-order valence-corrected chi connectivity index (χ4v) is 5.75. The number of ether oxygens (including phenoxy) is 6. The van der Waals surface area contributed by atoms with Crippen LogP contribution in [0.25, 0.3) is 0 Å². The van der Waals surface area contributed by atoms with Crippen molar-refractivity contribution in [3.63, 3.8) is 0 Å². The molecular formula is C21H29NO13S. The van der Waals surface area contributed by atoms with Gasteiger partial charge in [0.1, 0.15) is 37.0 Å². The summed E-state index contributed by atoms with van der Waals surface area (Å²) < 4.78 is 32.2. The lowest BCUT2D eigenvalue weighted by Crippen LogP contribution is -2.64. The molecular weight excluding hydrogens is 506 g/mol. The third-order valence-electron chi connectivity index (χ3n) is 5.75. The molecule has 1 amide bonds. The normalized spacial score (nSPS) is 35.8. The van der Waals surface area contributed by atoms with E-state index in [2.05, 4.69) is 0 Å². The Labute approximate surface area is 210 Å². The third-order valence-corrected chi connectivity index (χ3v) is 7.15. The molecule has 0 aliphatic carbocycles. The molecule has 36 heavy (non-hydrogen) atoms. The monoisotopic (exact) mass is 535 g/mol. The topological polar surface area (TPSA) is 184 Å². The Bertz CT molecular complexity index is 884. The highest BCUT2D eigenvalue weighted by Crippen LogP contribution is 2.40. The van der Waals surface area contributed by atoms with Crippen LogP contribution in [0.2, 0.25) is 0 Å². The lowest BCUT2D eigenvalue weighted by molar-refractivity contribution is -0.209. The number of aliphatic hydroxyl groups is 2. The summed E-state index contributed by atoms with van der Waals surface area (Å²) in [5.74, 6) is -2.89. The molecule has 3 aliphatic rings. The summed E-state index contributed by atoms with van der Waals surface area (Å²) in [6.07, 6.45) is -8.55. The number of thioether (sulfide) groups is 1. The van der Waals surface area contributed by atoms with Crippen molar-refractivity contribution in [3.8, 4) is 0 Å². The van der Waals surface area contributed by atoms with Gasteiger partial charge in [-0.3, -0.25) is 24.1 Å². The Morgan fingerprint density at radius 3 is 2.08 bits per heavy atom. The van der Waals surface area contributed by atoms with Gasteiger partial charge in [0.15, 0.2) is 18.3 Å². The Morgan fingerprint density at radius 1 is 0.917 bits per heavy atom. The van der Waals surface area contributed by atoms with Crippen LogP contribution in [-0.4, -0.2) is 118 Å². The van der Waals surface area contributed by atoms with Crippen molar-refractivity contribution in [2.24, 2.45) is 0 Å². The number of esters is 4. The minimum atomic E-state index is -1.37. The first-order valence-electron chi connectivity index (χ1n) is 11.1. The number of hydrogen-bond donors (Lipinski definition) is 2. The van der Waals surface area contributed by atoms with Crippen molar-refractivity contribution in [2.45, 2.75) is 81.0 Å². The predicted octanol–water partition coefficient (Wildman–Crippen LogP) is -1.27. The maximum atomic E-state index is 12.0. The first kappa shape index (κ1) is 28.0. The number of carbonyl (C=O) groups excluding carboxylic acids is 5. The van der Waals surface area contributed by atoms with Crippen LogP contribution >= 0.6 is 11.8 Å². The molecule has 0 bridgehead atoms. The number of nitrogens with zero attached hydrogens (tertiary/aromatic N) is 1.